The summed E-state index contributed by atoms with van der Waals surface area (Å²) in [6.07, 6.45) is 2.67. The average molecular weight is 263 g/mol. The number of rotatable bonds is 7. The molecular formula is C16H25NO2. The molecule has 106 valence electrons. The molecular weight excluding hydrogens is 238 g/mol. The summed E-state index contributed by atoms with van der Waals surface area (Å²) in [6.45, 7) is 11.5. The Kier molecular flexibility index (Phi) is 5.90. The summed E-state index contributed by atoms with van der Waals surface area (Å²) < 4.78 is 11.2. The molecule has 0 fully saturated rings. The van der Waals surface area contributed by atoms with Gasteiger partial charge >= 0.3 is 0 Å². The van der Waals surface area contributed by atoms with Crippen molar-refractivity contribution in [2.45, 2.75) is 39.3 Å². The first-order chi connectivity index (χ1) is 8.98. The summed E-state index contributed by atoms with van der Waals surface area (Å²) in [6, 6.07) is 5.97. The maximum Gasteiger partial charge on any atom is 0.165 e. The zero-order valence-corrected chi connectivity index (χ0v) is 12.5. The molecule has 0 aromatic heterocycles. The molecule has 0 radical (unpaired) electrons. The highest BCUT2D eigenvalue weighted by Crippen LogP contribution is 2.31. The van der Waals surface area contributed by atoms with Crippen LogP contribution in [0, 0.1) is 0 Å². The first kappa shape index (κ1) is 15.6. The molecule has 0 spiro atoms. The summed E-state index contributed by atoms with van der Waals surface area (Å²) in [5, 5.41) is 3.46. The Hall–Kier alpha value is -1.48. The van der Waals surface area contributed by atoms with Gasteiger partial charge in [-0.15, -0.1) is 6.58 Å². The van der Waals surface area contributed by atoms with Crippen molar-refractivity contribution in [1.29, 1.82) is 0 Å². The average Bonchev–Trinajstić information content (AvgIpc) is 2.36. The number of benzene rings is 1. The number of para-hydroxylation sites is 1. The quantitative estimate of drug-likeness (QED) is 0.603. The van der Waals surface area contributed by atoms with E-state index in [1.54, 1.807) is 7.11 Å². The maximum absolute atomic E-state index is 5.83. The lowest BCUT2D eigenvalue weighted by Crippen LogP contribution is -2.35. The van der Waals surface area contributed by atoms with Crippen LogP contribution in [0.4, 0.5) is 0 Å². The molecule has 0 aliphatic heterocycles. The largest absolute Gasteiger partial charge is 0.493 e. The molecule has 0 heterocycles. The smallest absolute Gasteiger partial charge is 0.165 e. The van der Waals surface area contributed by atoms with Gasteiger partial charge in [0.1, 0.15) is 0 Å². The highest BCUT2D eigenvalue weighted by molar-refractivity contribution is 5.46. The fourth-order valence-corrected chi connectivity index (χ4v) is 1.63. The van der Waals surface area contributed by atoms with Gasteiger partial charge in [0.15, 0.2) is 11.5 Å². The van der Waals surface area contributed by atoms with E-state index in [1.807, 2.05) is 18.2 Å². The Morgan fingerprint density at radius 2 is 2.05 bits per heavy atom. The fourth-order valence-electron chi connectivity index (χ4n) is 1.63. The van der Waals surface area contributed by atoms with Crippen LogP contribution < -0.4 is 14.8 Å². The zero-order chi connectivity index (χ0) is 14.3. The molecule has 0 aliphatic carbocycles. The minimum absolute atomic E-state index is 0.0709. The van der Waals surface area contributed by atoms with E-state index < -0.39 is 0 Å². The second-order valence-electron chi connectivity index (χ2n) is 5.48. The highest BCUT2D eigenvalue weighted by atomic mass is 16.5. The first-order valence-electron chi connectivity index (χ1n) is 6.62. The van der Waals surface area contributed by atoms with Gasteiger partial charge in [-0.1, -0.05) is 18.2 Å². The number of ether oxygens (including phenoxy) is 2. The van der Waals surface area contributed by atoms with Gasteiger partial charge in [0.2, 0.25) is 0 Å². The van der Waals surface area contributed by atoms with Crippen molar-refractivity contribution in [3.05, 3.63) is 36.4 Å². The molecule has 1 aromatic rings. The van der Waals surface area contributed by atoms with Crippen molar-refractivity contribution in [1.82, 2.24) is 5.32 Å². The molecule has 1 N–H and O–H groups in total. The Morgan fingerprint density at radius 3 is 2.63 bits per heavy atom. The maximum atomic E-state index is 5.83. The molecule has 0 aliphatic rings. The Labute approximate surface area is 116 Å². The molecule has 0 bridgehead atoms. The van der Waals surface area contributed by atoms with E-state index in [4.69, 9.17) is 9.47 Å². The van der Waals surface area contributed by atoms with Crippen molar-refractivity contribution in [3.63, 3.8) is 0 Å². The molecule has 1 rings (SSSR count). The molecule has 3 heteroatoms. The molecule has 0 saturated heterocycles. The lowest BCUT2D eigenvalue weighted by atomic mass is 10.1. The second-order valence-corrected chi connectivity index (χ2v) is 5.48. The standard InChI is InChI=1S/C16H25NO2/c1-6-7-11-19-15-13(12-17-16(2,3)4)9-8-10-14(15)18-5/h6,8-10,17H,1,7,11-12H2,2-5H3. The number of hydrogen-bond donors (Lipinski definition) is 1. The molecule has 0 amide bonds. The Morgan fingerprint density at radius 1 is 1.32 bits per heavy atom. The van der Waals surface area contributed by atoms with Gasteiger partial charge in [-0.05, 0) is 33.3 Å². The summed E-state index contributed by atoms with van der Waals surface area (Å²) in [7, 11) is 1.66. The van der Waals surface area contributed by atoms with Crippen molar-refractivity contribution >= 4 is 0 Å². The number of methoxy groups -OCH3 is 1. The van der Waals surface area contributed by atoms with E-state index in [0.29, 0.717) is 6.61 Å². The van der Waals surface area contributed by atoms with Crippen molar-refractivity contribution < 1.29 is 9.47 Å². The van der Waals surface area contributed by atoms with Crippen molar-refractivity contribution in [2.24, 2.45) is 0 Å². The lowest BCUT2D eigenvalue weighted by molar-refractivity contribution is 0.294. The zero-order valence-electron chi connectivity index (χ0n) is 12.5. The summed E-state index contributed by atoms with van der Waals surface area (Å²) in [5.74, 6) is 1.60. The van der Waals surface area contributed by atoms with Crippen LogP contribution in [0.25, 0.3) is 0 Å². The van der Waals surface area contributed by atoms with E-state index in [2.05, 4.69) is 38.7 Å². The van der Waals surface area contributed by atoms with Crippen LogP contribution in [0.3, 0.4) is 0 Å². The SMILES string of the molecule is C=CCCOc1c(CNC(C)(C)C)cccc1OC. The van der Waals surface area contributed by atoms with Gasteiger partial charge in [-0.3, -0.25) is 0 Å². The van der Waals surface area contributed by atoms with E-state index in [1.165, 1.54) is 0 Å². The normalized spacial score (nSPS) is 11.2. The minimum Gasteiger partial charge on any atom is -0.493 e. The molecule has 0 atom stereocenters. The van der Waals surface area contributed by atoms with Crippen LogP contribution in [0.2, 0.25) is 0 Å². The van der Waals surface area contributed by atoms with E-state index in [9.17, 15) is 0 Å². The molecule has 19 heavy (non-hydrogen) atoms. The van der Waals surface area contributed by atoms with Crippen LogP contribution in [0.15, 0.2) is 30.9 Å². The van der Waals surface area contributed by atoms with Crippen molar-refractivity contribution in [3.8, 4) is 11.5 Å². The van der Waals surface area contributed by atoms with E-state index in [-0.39, 0.29) is 5.54 Å². The molecule has 0 saturated carbocycles. The van der Waals surface area contributed by atoms with Crippen LogP contribution >= 0.6 is 0 Å². The van der Waals surface area contributed by atoms with Crippen LogP contribution in [0.1, 0.15) is 32.8 Å². The first-order valence-corrected chi connectivity index (χ1v) is 6.62. The van der Waals surface area contributed by atoms with Crippen LogP contribution in [0.5, 0.6) is 11.5 Å². The highest BCUT2D eigenvalue weighted by Gasteiger charge is 2.14. The predicted molar refractivity (Wildman–Crippen MR) is 79.9 cm³/mol. The van der Waals surface area contributed by atoms with Gasteiger partial charge < -0.3 is 14.8 Å². The summed E-state index contributed by atoms with van der Waals surface area (Å²) in [5.41, 5.74) is 1.18. The van der Waals surface area contributed by atoms with Gasteiger partial charge in [0.25, 0.3) is 0 Å². The monoisotopic (exact) mass is 263 g/mol. The summed E-state index contributed by atoms with van der Waals surface area (Å²) in [4.78, 5) is 0. The number of hydrogen-bond acceptors (Lipinski definition) is 3. The van der Waals surface area contributed by atoms with E-state index in [0.717, 1.165) is 30.0 Å². The Balaban J connectivity index is 2.85. The van der Waals surface area contributed by atoms with E-state index >= 15 is 0 Å². The third-order valence-electron chi connectivity index (χ3n) is 2.66. The lowest BCUT2D eigenvalue weighted by Gasteiger charge is -2.22. The van der Waals surface area contributed by atoms with Gasteiger partial charge in [0.05, 0.1) is 13.7 Å². The molecule has 3 nitrogen and oxygen atoms in total. The molecule has 0 unspecified atom stereocenters. The van der Waals surface area contributed by atoms with Crippen molar-refractivity contribution in [2.75, 3.05) is 13.7 Å². The second kappa shape index (κ2) is 7.19. The third-order valence-corrected chi connectivity index (χ3v) is 2.66. The Bertz CT molecular complexity index is 408. The predicted octanol–water partition coefficient (Wildman–Crippen LogP) is 3.54. The fraction of sp³-hybridized carbons (Fsp3) is 0.500. The third kappa shape index (κ3) is 5.35. The minimum atomic E-state index is 0.0709. The molecule has 1 aromatic carbocycles. The summed E-state index contributed by atoms with van der Waals surface area (Å²) >= 11 is 0. The van der Waals surface area contributed by atoms with Crippen LogP contribution in [-0.4, -0.2) is 19.3 Å². The van der Waals surface area contributed by atoms with Gasteiger partial charge in [0, 0.05) is 17.6 Å². The topological polar surface area (TPSA) is 30.5 Å². The number of nitrogens with one attached hydrogen (secondary N) is 1. The van der Waals surface area contributed by atoms with Gasteiger partial charge in [-0.25, -0.2) is 0 Å². The van der Waals surface area contributed by atoms with Gasteiger partial charge in [-0.2, -0.15) is 0 Å². The van der Waals surface area contributed by atoms with Crippen LogP contribution in [-0.2, 0) is 6.54 Å².